The first kappa shape index (κ1) is 10.2. The van der Waals surface area contributed by atoms with E-state index in [0.717, 1.165) is 12.0 Å². The third-order valence-electron chi connectivity index (χ3n) is 1.72. The predicted octanol–water partition coefficient (Wildman–Crippen LogP) is 1.54. The molecule has 3 heteroatoms. The first-order valence-corrected chi connectivity index (χ1v) is 4.50. The Morgan fingerprint density at radius 3 is 2.77 bits per heavy atom. The molecule has 0 aliphatic carbocycles. The average Bonchev–Trinajstić information content (AvgIpc) is 2.19. The highest BCUT2D eigenvalue weighted by molar-refractivity contribution is 5.12. The van der Waals surface area contributed by atoms with Crippen molar-refractivity contribution in [1.29, 1.82) is 0 Å². The van der Waals surface area contributed by atoms with Gasteiger partial charge in [-0.3, -0.25) is 4.98 Å². The molecule has 0 amide bonds. The Morgan fingerprint density at radius 1 is 1.46 bits per heavy atom. The Labute approximate surface area is 78.4 Å². The molecule has 0 aliphatic rings. The van der Waals surface area contributed by atoms with Crippen LogP contribution in [0.15, 0.2) is 24.5 Å². The molecule has 1 aromatic heterocycles. The summed E-state index contributed by atoms with van der Waals surface area (Å²) in [6.07, 6.45) is 3.77. The van der Waals surface area contributed by atoms with Crippen LogP contribution >= 0.6 is 0 Å². The molecule has 1 unspecified atom stereocenters. The van der Waals surface area contributed by atoms with Crippen molar-refractivity contribution in [2.45, 2.75) is 19.4 Å². The summed E-state index contributed by atoms with van der Waals surface area (Å²) in [5.41, 5.74) is 0.853. The van der Waals surface area contributed by atoms with E-state index in [-0.39, 0.29) is 0 Å². The summed E-state index contributed by atoms with van der Waals surface area (Å²) in [6.45, 7) is 3.10. The number of ether oxygens (including phenoxy) is 1. The zero-order valence-corrected chi connectivity index (χ0v) is 7.81. The molecule has 0 radical (unpaired) electrons. The van der Waals surface area contributed by atoms with Crippen molar-refractivity contribution in [1.82, 2.24) is 4.98 Å². The Bertz CT molecular complexity index is 226. The van der Waals surface area contributed by atoms with Gasteiger partial charge in [0.2, 0.25) is 0 Å². The van der Waals surface area contributed by atoms with Crippen LogP contribution in [0, 0.1) is 0 Å². The maximum atomic E-state index is 9.59. The van der Waals surface area contributed by atoms with Gasteiger partial charge in [-0.2, -0.15) is 0 Å². The number of hydrogen-bond acceptors (Lipinski definition) is 3. The molecule has 1 rings (SSSR count). The number of rotatable bonds is 5. The molecular formula is C10H15NO2. The lowest BCUT2D eigenvalue weighted by atomic mass is 10.2. The minimum atomic E-state index is -0.533. The van der Waals surface area contributed by atoms with Crippen LogP contribution in [0.3, 0.4) is 0 Å². The molecule has 0 aromatic carbocycles. The molecule has 1 atom stereocenters. The minimum Gasteiger partial charge on any atom is -0.386 e. The predicted molar refractivity (Wildman–Crippen MR) is 50.3 cm³/mol. The fourth-order valence-electron chi connectivity index (χ4n) is 1.02. The SMILES string of the molecule is CCCOCC(O)c1ccncc1. The zero-order valence-electron chi connectivity index (χ0n) is 7.81. The highest BCUT2D eigenvalue weighted by Crippen LogP contribution is 2.10. The van der Waals surface area contributed by atoms with Gasteiger partial charge in [0.15, 0.2) is 0 Å². The molecule has 3 nitrogen and oxygen atoms in total. The normalized spacial score (nSPS) is 12.8. The number of aliphatic hydroxyl groups excluding tert-OH is 1. The van der Waals surface area contributed by atoms with E-state index >= 15 is 0 Å². The second kappa shape index (κ2) is 5.67. The maximum Gasteiger partial charge on any atom is 0.102 e. The largest absolute Gasteiger partial charge is 0.386 e. The molecule has 1 aromatic rings. The summed E-state index contributed by atoms with van der Waals surface area (Å²) in [7, 11) is 0. The van der Waals surface area contributed by atoms with Gasteiger partial charge in [-0.25, -0.2) is 0 Å². The van der Waals surface area contributed by atoms with Gasteiger partial charge in [0, 0.05) is 19.0 Å². The van der Waals surface area contributed by atoms with Crippen molar-refractivity contribution >= 4 is 0 Å². The van der Waals surface area contributed by atoms with Crippen LogP contribution in [-0.2, 0) is 4.74 Å². The molecule has 1 N–H and O–H groups in total. The summed E-state index contributed by atoms with van der Waals surface area (Å²) in [5.74, 6) is 0. The van der Waals surface area contributed by atoms with Gasteiger partial charge in [0.25, 0.3) is 0 Å². The van der Waals surface area contributed by atoms with E-state index in [4.69, 9.17) is 4.74 Å². The molecule has 0 saturated heterocycles. The van der Waals surface area contributed by atoms with Gasteiger partial charge >= 0.3 is 0 Å². The van der Waals surface area contributed by atoms with Gasteiger partial charge in [0.05, 0.1) is 6.61 Å². The van der Waals surface area contributed by atoms with Crippen LogP contribution in [0.5, 0.6) is 0 Å². The van der Waals surface area contributed by atoms with E-state index in [1.165, 1.54) is 0 Å². The van der Waals surface area contributed by atoms with Gasteiger partial charge in [-0.15, -0.1) is 0 Å². The highest BCUT2D eigenvalue weighted by Gasteiger charge is 2.05. The summed E-state index contributed by atoms with van der Waals surface area (Å²) in [4.78, 5) is 3.87. The summed E-state index contributed by atoms with van der Waals surface area (Å²) < 4.78 is 5.23. The molecule has 0 aliphatic heterocycles. The fraction of sp³-hybridized carbons (Fsp3) is 0.500. The van der Waals surface area contributed by atoms with E-state index in [0.29, 0.717) is 13.2 Å². The van der Waals surface area contributed by atoms with Crippen LogP contribution in [0.2, 0.25) is 0 Å². The smallest absolute Gasteiger partial charge is 0.102 e. The molecule has 13 heavy (non-hydrogen) atoms. The minimum absolute atomic E-state index is 0.359. The van der Waals surface area contributed by atoms with E-state index < -0.39 is 6.10 Å². The Kier molecular flexibility index (Phi) is 4.43. The van der Waals surface area contributed by atoms with E-state index in [2.05, 4.69) is 4.98 Å². The molecule has 0 saturated carbocycles. The van der Waals surface area contributed by atoms with Crippen LogP contribution in [0.1, 0.15) is 25.0 Å². The van der Waals surface area contributed by atoms with E-state index in [1.54, 1.807) is 24.5 Å². The molecule has 1 heterocycles. The highest BCUT2D eigenvalue weighted by atomic mass is 16.5. The molecule has 72 valence electrons. The van der Waals surface area contributed by atoms with Crippen molar-refractivity contribution in [3.63, 3.8) is 0 Å². The second-order valence-electron chi connectivity index (χ2n) is 2.87. The van der Waals surface area contributed by atoms with Crippen LogP contribution in [0.4, 0.5) is 0 Å². The van der Waals surface area contributed by atoms with Crippen LogP contribution in [-0.4, -0.2) is 23.3 Å². The molecule has 0 bridgehead atoms. The van der Waals surface area contributed by atoms with Crippen molar-refractivity contribution in [2.75, 3.05) is 13.2 Å². The lowest BCUT2D eigenvalue weighted by Crippen LogP contribution is -2.07. The number of nitrogens with zero attached hydrogens (tertiary/aromatic N) is 1. The zero-order chi connectivity index (χ0) is 9.52. The van der Waals surface area contributed by atoms with Crippen LogP contribution < -0.4 is 0 Å². The summed E-state index contributed by atoms with van der Waals surface area (Å²) in [5, 5.41) is 9.59. The first-order chi connectivity index (χ1) is 6.34. The number of aromatic nitrogens is 1. The topological polar surface area (TPSA) is 42.4 Å². The molecule has 0 spiro atoms. The third-order valence-corrected chi connectivity index (χ3v) is 1.72. The number of hydrogen-bond donors (Lipinski definition) is 1. The van der Waals surface area contributed by atoms with E-state index in [9.17, 15) is 5.11 Å². The number of pyridine rings is 1. The van der Waals surface area contributed by atoms with Crippen LogP contribution in [0.25, 0.3) is 0 Å². The standard InChI is InChI=1S/C10H15NO2/c1-2-7-13-8-10(12)9-3-5-11-6-4-9/h3-6,10,12H,2,7-8H2,1H3. The fourth-order valence-corrected chi connectivity index (χ4v) is 1.02. The quantitative estimate of drug-likeness (QED) is 0.701. The maximum absolute atomic E-state index is 9.59. The average molecular weight is 181 g/mol. The molecule has 0 fully saturated rings. The van der Waals surface area contributed by atoms with Crippen molar-refractivity contribution in [2.24, 2.45) is 0 Å². The summed E-state index contributed by atoms with van der Waals surface area (Å²) >= 11 is 0. The van der Waals surface area contributed by atoms with Gasteiger partial charge in [0.1, 0.15) is 6.10 Å². The second-order valence-corrected chi connectivity index (χ2v) is 2.87. The van der Waals surface area contributed by atoms with Gasteiger partial charge in [-0.1, -0.05) is 6.92 Å². The van der Waals surface area contributed by atoms with Gasteiger partial charge < -0.3 is 9.84 Å². The van der Waals surface area contributed by atoms with Gasteiger partial charge in [-0.05, 0) is 24.1 Å². The first-order valence-electron chi connectivity index (χ1n) is 4.50. The Morgan fingerprint density at radius 2 is 2.15 bits per heavy atom. The van der Waals surface area contributed by atoms with Crippen molar-refractivity contribution in [3.05, 3.63) is 30.1 Å². The Balaban J connectivity index is 2.35. The Hall–Kier alpha value is -0.930. The number of aliphatic hydroxyl groups is 1. The van der Waals surface area contributed by atoms with E-state index in [1.807, 2.05) is 6.92 Å². The van der Waals surface area contributed by atoms with Crippen molar-refractivity contribution < 1.29 is 9.84 Å². The lowest BCUT2D eigenvalue weighted by Gasteiger charge is -2.10. The monoisotopic (exact) mass is 181 g/mol. The lowest BCUT2D eigenvalue weighted by molar-refractivity contribution is 0.0363. The van der Waals surface area contributed by atoms with Crippen molar-refractivity contribution in [3.8, 4) is 0 Å². The summed E-state index contributed by atoms with van der Waals surface area (Å²) in [6, 6.07) is 3.58. The third kappa shape index (κ3) is 3.53. The molecular weight excluding hydrogens is 166 g/mol.